The van der Waals surface area contributed by atoms with Crippen molar-refractivity contribution < 1.29 is 14.0 Å². The number of rotatable bonds is 6. The second-order valence-electron chi connectivity index (χ2n) is 8.91. The number of aromatic nitrogens is 3. The van der Waals surface area contributed by atoms with Gasteiger partial charge in [-0.2, -0.15) is 4.98 Å². The Morgan fingerprint density at radius 3 is 2.85 bits per heavy atom. The van der Waals surface area contributed by atoms with Crippen LogP contribution in [0.15, 0.2) is 29.3 Å². The lowest BCUT2D eigenvalue weighted by molar-refractivity contribution is -0.125. The molecule has 2 aromatic heterocycles. The SMILES string of the molecule is Cc1ccc(NC(=O)Cn2cnc3nc(N4CCC[C@H](C(=O)NC5CC5)C4)sc3c2=O)cc1F. The molecule has 1 saturated heterocycles. The molecule has 2 N–H and O–H groups in total. The first-order valence-corrected chi connectivity index (χ1v) is 12.2. The Morgan fingerprint density at radius 2 is 2.09 bits per heavy atom. The number of hydrogen-bond donors (Lipinski definition) is 2. The van der Waals surface area contributed by atoms with Gasteiger partial charge in [-0.25, -0.2) is 9.37 Å². The van der Waals surface area contributed by atoms with Crippen LogP contribution in [0.25, 0.3) is 10.3 Å². The van der Waals surface area contributed by atoms with Crippen molar-refractivity contribution in [2.24, 2.45) is 5.92 Å². The number of carbonyl (C=O) groups is 2. The second-order valence-corrected chi connectivity index (χ2v) is 9.88. The first-order chi connectivity index (χ1) is 16.4. The number of fused-ring (bicyclic) bond motifs is 1. The van der Waals surface area contributed by atoms with E-state index in [4.69, 9.17) is 0 Å². The summed E-state index contributed by atoms with van der Waals surface area (Å²) in [5, 5.41) is 6.33. The molecule has 1 aliphatic carbocycles. The predicted molar refractivity (Wildman–Crippen MR) is 128 cm³/mol. The third-order valence-corrected chi connectivity index (χ3v) is 7.22. The summed E-state index contributed by atoms with van der Waals surface area (Å²) in [6.07, 6.45) is 5.11. The lowest BCUT2D eigenvalue weighted by atomic mass is 9.97. The van der Waals surface area contributed by atoms with Crippen LogP contribution in [0.2, 0.25) is 0 Å². The number of halogens is 1. The summed E-state index contributed by atoms with van der Waals surface area (Å²) >= 11 is 1.23. The molecule has 0 bridgehead atoms. The van der Waals surface area contributed by atoms with E-state index in [9.17, 15) is 18.8 Å². The van der Waals surface area contributed by atoms with Gasteiger partial charge in [0.25, 0.3) is 5.56 Å². The van der Waals surface area contributed by atoms with Crippen LogP contribution in [0.5, 0.6) is 0 Å². The van der Waals surface area contributed by atoms with Gasteiger partial charge in [-0.15, -0.1) is 0 Å². The van der Waals surface area contributed by atoms with Crippen molar-refractivity contribution in [3.05, 3.63) is 46.3 Å². The molecule has 1 saturated carbocycles. The van der Waals surface area contributed by atoms with Gasteiger partial charge in [0, 0.05) is 24.8 Å². The van der Waals surface area contributed by atoms with Crippen molar-refractivity contribution >= 4 is 44.3 Å². The minimum Gasteiger partial charge on any atom is -0.353 e. The molecule has 11 heteroatoms. The normalized spacial score (nSPS) is 18.2. The third-order valence-electron chi connectivity index (χ3n) is 6.13. The molecule has 0 radical (unpaired) electrons. The van der Waals surface area contributed by atoms with Crippen molar-refractivity contribution in [2.75, 3.05) is 23.3 Å². The summed E-state index contributed by atoms with van der Waals surface area (Å²) in [6, 6.07) is 4.75. The molecule has 0 unspecified atom stereocenters. The zero-order chi connectivity index (χ0) is 23.8. The Kier molecular flexibility index (Phi) is 6.03. The first-order valence-electron chi connectivity index (χ1n) is 11.3. The molecule has 2 fully saturated rings. The van der Waals surface area contributed by atoms with E-state index >= 15 is 0 Å². The van der Waals surface area contributed by atoms with Crippen LogP contribution in [-0.4, -0.2) is 45.5 Å². The van der Waals surface area contributed by atoms with Crippen molar-refractivity contribution in [1.29, 1.82) is 0 Å². The molecule has 5 rings (SSSR count). The van der Waals surface area contributed by atoms with Crippen LogP contribution >= 0.6 is 11.3 Å². The minimum absolute atomic E-state index is 0.0910. The van der Waals surface area contributed by atoms with Crippen LogP contribution < -0.4 is 21.1 Å². The van der Waals surface area contributed by atoms with Gasteiger partial charge >= 0.3 is 0 Å². The van der Waals surface area contributed by atoms with Crippen molar-refractivity contribution in [1.82, 2.24) is 19.9 Å². The van der Waals surface area contributed by atoms with E-state index in [0.29, 0.717) is 39.3 Å². The Balaban J connectivity index is 1.29. The second kappa shape index (κ2) is 9.13. The van der Waals surface area contributed by atoms with E-state index in [1.54, 1.807) is 19.1 Å². The fourth-order valence-electron chi connectivity index (χ4n) is 4.02. The van der Waals surface area contributed by atoms with Crippen LogP contribution in [-0.2, 0) is 16.1 Å². The zero-order valence-electron chi connectivity index (χ0n) is 18.7. The number of nitrogens with zero attached hydrogens (tertiary/aromatic N) is 4. The summed E-state index contributed by atoms with van der Waals surface area (Å²) in [7, 11) is 0. The number of carbonyl (C=O) groups excluding carboxylic acids is 2. The molecule has 178 valence electrons. The number of nitrogens with one attached hydrogen (secondary N) is 2. The maximum Gasteiger partial charge on any atom is 0.273 e. The van der Waals surface area contributed by atoms with E-state index in [-0.39, 0.29) is 23.9 Å². The molecule has 1 atom stereocenters. The Labute approximate surface area is 199 Å². The molecular weight excluding hydrogens is 459 g/mol. The molecule has 2 aliphatic rings. The first kappa shape index (κ1) is 22.5. The lowest BCUT2D eigenvalue weighted by Crippen LogP contribution is -2.43. The van der Waals surface area contributed by atoms with Gasteiger partial charge in [0.1, 0.15) is 23.4 Å². The zero-order valence-corrected chi connectivity index (χ0v) is 19.5. The number of benzene rings is 1. The number of amides is 2. The number of thiazole rings is 1. The summed E-state index contributed by atoms with van der Waals surface area (Å²) in [4.78, 5) is 48.7. The molecule has 9 nitrogen and oxygen atoms in total. The van der Waals surface area contributed by atoms with E-state index in [2.05, 4.69) is 20.6 Å². The quantitative estimate of drug-likeness (QED) is 0.556. The van der Waals surface area contributed by atoms with Gasteiger partial charge in [0.05, 0.1) is 5.92 Å². The third kappa shape index (κ3) is 4.79. The van der Waals surface area contributed by atoms with Gasteiger partial charge in [0.2, 0.25) is 11.8 Å². The van der Waals surface area contributed by atoms with E-state index in [0.717, 1.165) is 32.2 Å². The standard InChI is InChI=1S/C23H25FN6O3S/c1-13-4-5-16(9-17(13)24)26-18(31)11-30-12-25-20-19(22(30)33)34-23(28-20)29-8-2-3-14(10-29)21(32)27-15-6-7-15/h4-5,9,12,14-15H,2-3,6-8,10-11H2,1H3,(H,26,31)(H,27,32)/t14-/m0/s1. The molecule has 1 aliphatic heterocycles. The molecule has 2 amide bonds. The molecule has 3 heterocycles. The largest absolute Gasteiger partial charge is 0.353 e. The highest BCUT2D eigenvalue weighted by Gasteiger charge is 2.31. The minimum atomic E-state index is -0.461. The Bertz CT molecular complexity index is 1320. The number of hydrogen-bond acceptors (Lipinski definition) is 7. The maximum absolute atomic E-state index is 13.7. The highest BCUT2D eigenvalue weighted by atomic mass is 32.1. The summed E-state index contributed by atoms with van der Waals surface area (Å²) in [5.41, 5.74) is 0.764. The maximum atomic E-state index is 13.7. The number of anilines is 2. The smallest absolute Gasteiger partial charge is 0.273 e. The average Bonchev–Trinajstić information content (AvgIpc) is 3.52. The van der Waals surface area contributed by atoms with Crippen LogP contribution in [0.3, 0.4) is 0 Å². The number of piperidine rings is 1. The highest BCUT2D eigenvalue weighted by molar-refractivity contribution is 7.22. The van der Waals surface area contributed by atoms with E-state index in [1.807, 2.05) is 4.90 Å². The van der Waals surface area contributed by atoms with Gasteiger partial charge in [-0.05, 0) is 50.3 Å². The van der Waals surface area contributed by atoms with Gasteiger partial charge < -0.3 is 15.5 Å². The highest BCUT2D eigenvalue weighted by Crippen LogP contribution is 2.30. The average molecular weight is 485 g/mol. The van der Waals surface area contributed by atoms with Crippen molar-refractivity contribution in [3.8, 4) is 0 Å². The van der Waals surface area contributed by atoms with Crippen molar-refractivity contribution in [3.63, 3.8) is 0 Å². The molecular formula is C23H25FN6O3S. The summed E-state index contributed by atoms with van der Waals surface area (Å²) < 4.78 is 15.3. The van der Waals surface area contributed by atoms with Crippen LogP contribution in [0.4, 0.5) is 15.2 Å². The number of aryl methyl sites for hydroxylation is 1. The molecule has 34 heavy (non-hydrogen) atoms. The molecule has 0 spiro atoms. The monoisotopic (exact) mass is 484 g/mol. The molecule has 1 aromatic carbocycles. The van der Waals surface area contributed by atoms with Gasteiger partial charge in [-0.1, -0.05) is 17.4 Å². The van der Waals surface area contributed by atoms with Crippen LogP contribution in [0.1, 0.15) is 31.2 Å². The van der Waals surface area contributed by atoms with Gasteiger partial charge in [0.15, 0.2) is 10.8 Å². The predicted octanol–water partition coefficient (Wildman–Crippen LogP) is 2.43. The lowest BCUT2D eigenvalue weighted by Gasteiger charge is -2.31. The fourth-order valence-corrected chi connectivity index (χ4v) is 5.02. The molecule has 3 aromatic rings. The van der Waals surface area contributed by atoms with Crippen LogP contribution in [0, 0.1) is 18.7 Å². The topological polar surface area (TPSA) is 109 Å². The Morgan fingerprint density at radius 1 is 1.26 bits per heavy atom. The van der Waals surface area contributed by atoms with E-state index in [1.165, 1.54) is 28.3 Å². The summed E-state index contributed by atoms with van der Waals surface area (Å²) in [5.74, 6) is -0.883. The fraction of sp³-hybridized carbons (Fsp3) is 0.435. The van der Waals surface area contributed by atoms with E-state index < -0.39 is 11.7 Å². The van der Waals surface area contributed by atoms with Gasteiger partial charge in [-0.3, -0.25) is 19.0 Å². The Hall–Kier alpha value is -3.34. The van der Waals surface area contributed by atoms with Crippen molar-refractivity contribution in [2.45, 2.75) is 45.2 Å². The summed E-state index contributed by atoms with van der Waals surface area (Å²) in [6.45, 7) is 2.70.